The zero-order valence-electron chi connectivity index (χ0n) is 12.9. The molecule has 0 saturated carbocycles. The normalized spacial score (nSPS) is 18.9. The maximum Gasteiger partial charge on any atom is 0.220 e. The van der Waals surface area contributed by atoms with Gasteiger partial charge in [-0.1, -0.05) is 12.1 Å². The van der Waals surface area contributed by atoms with Crippen molar-refractivity contribution in [1.82, 2.24) is 10.2 Å². The molecule has 1 aromatic carbocycles. The summed E-state index contributed by atoms with van der Waals surface area (Å²) in [5.41, 5.74) is 0. The highest BCUT2D eigenvalue weighted by Gasteiger charge is 2.17. The molecule has 6 heteroatoms. The number of para-hydroxylation sites is 1. The second-order valence-corrected chi connectivity index (χ2v) is 5.44. The van der Waals surface area contributed by atoms with Gasteiger partial charge in [0.05, 0.1) is 19.3 Å². The van der Waals surface area contributed by atoms with Crippen molar-refractivity contribution in [2.75, 3.05) is 39.9 Å². The van der Waals surface area contributed by atoms with Crippen molar-refractivity contribution in [3.05, 3.63) is 30.1 Å². The highest BCUT2D eigenvalue weighted by Crippen LogP contribution is 2.15. The molecule has 1 aromatic rings. The Morgan fingerprint density at radius 3 is 3.09 bits per heavy atom. The van der Waals surface area contributed by atoms with Gasteiger partial charge in [-0.3, -0.25) is 4.79 Å². The molecule has 1 saturated heterocycles. The standard InChI is InChI=1S/C16H23FN2O3/c1-19-8-10-21-13(12-19)11-18-16(20)7-4-9-22-15-6-3-2-5-14(15)17/h2-3,5-6,13H,4,7-12H2,1H3,(H,18,20)/t13-/m0/s1. The van der Waals surface area contributed by atoms with E-state index in [0.29, 0.717) is 32.6 Å². The molecule has 0 unspecified atom stereocenters. The van der Waals surface area contributed by atoms with E-state index in [1.165, 1.54) is 6.07 Å². The zero-order chi connectivity index (χ0) is 15.8. The van der Waals surface area contributed by atoms with Crippen LogP contribution in [0.4, 0.5) is 4.39 Å². The zero-order valence-corrected chi connectivity index (χ0v) is 12.9. The molecule has 0 spiro atoms. The van der Waals surface area contributed by atoms with Crippen LogP contribution in [-0.4, -0.2) is 56.8 Å². The van der Waals surface area contributed by atoms with Crippen molar-refractivity contribution in [2.24, 2.45) is 0 Å². The van der Waals surface area contributed by atoms with Gasteiger partial charge in [0.15, 0.2) is 11.6 Å². The summed E-state index contributed by atoms with van der Waals surface area (Å²) >= 11 is 0. The largest absolute Gasteiger partial charge is 0.491 e. The van der Waals surface area contributed by atoms with Gasteiger partial charge < -0.3 is 19.7 Å². The first kappa shape index (κ1) is 16.7. The van der Waals surface area contributed by atoms with E-state index in [-0.39, 0.29) is 23.6 Å². The van der Waals surface area contributed by atoms with Crippen molar-refractivity contribution in [1.29, 1.82) is 0 Å². The number of halogens is 1. The van der Waals surface area contributed by atoms with E-state index >= 15 is 0 Å². The minimum atomic E-state index is -0.384. The Balaban J connectivity index is 1.57. The molecular formula is C16H23FN2O3. The molecule has 1 aliphatic heterocycles. The molecule has 1 fully saturated rings. The van der Waals surface area contributed by atoms with E-state index in [2.05, 4.69) is 10.2 Å². The van der Waals surface area contributed by atoms with Crippen LogP contribution in [0, 0.1) is 5.82 Å². The minimum Gasteiger partial charge on any atom is -0.491 e. The number of carbonyl (C=O) groups is 1. The van der Waals surface area contributed by atoms with Gasteiger partial charge >= 0.3 is 0 Å². The van der Waals surface area contributed by atoms with Crippen LogP contribution in [0.25, 0.3) is 0 Å². The summed E-state index contributed by atoms with van der Waals surface area (Å²) < 4.78 is 24.2. The summed E-state index contributed by atoms with van der Waals surface area (Å²) in [6.45, 7) is 3.30. The quantitative estimate of drug-likeness (QED) is 0.774. The molecule has 1 N–H and O–H groups in total. The maximum absolute atomic E-state index is 13.3. The number of nitrogens with one attached hydrogen (secondary N) is 1. The summed E-state index contributed by atoms with van der Waals surface area (Å²) in [7, 11) is 2.04. The molecule has 2 rings (SSSR count). The summed E-state index contributed by atoms with van der Waals surface area (Å²) in [4.78, 5) is 13.9. The highest BCUT2D eigenvalue weighted by molar-refractivity contribution is 5.75. The predicted molar refractivity (Wildman–Crippen MR) is 81.4 cm³/mol. The number of amides is 1. The number of morpholine rings is 1. The van der Waals surface area contributed by atoms with Crippen LogP contribution >= 0.6 is 0 Å². The van der Waals surface area contributed by atoms with Gasteiger partial charge in [0.25, 0.3) is 0 Å². The van der Waals surface area contributed by atoms with E-state index in [4.69, 9.17) is 9.47 Å². The van der Waals surface area contributed by atoms with Gasteiger partial charge in [0, 0.05) is 26.1 Å². The molecule has 1 aliphatic rings. The first-order chi connectivity index (χ1) is 10.6. The van der Waals surface area contributed by atoms with Gasteiger partial charge in [-0.15, -0.1) is 0 Å². The van der Waals surface area contributed by atoms with Gasteiger partial charge in [-0.25, -0.2) is 4.39 Å². The Bertz CT molecular complexity index is 484. The lowest BCUT2D eigenvalue weighted by Crippen LogP contribution is -2.45. The van der Waals surface area contributed by atoms with Crippen LogP contribution in [0.2, 0.25) is 0 Å². The third-order valence-corrected chi connectivity index (χ3v) is 3.51. The molecule has 1 amide bonds. The maximum atomic E-state index is 13.3. The van der Waals surface area contributed by atoms with Crippen molar-refractivity contribution in [2.45, 2.75) is 18.9 Å². The fourth-order valence-electron chi connectivity index (χ4n) is 2.28. The van der Waals surface area contributed by atoms with E-state index < -0.39 is 0 Å². The third-order valence-electron chi connectivity index (χ3n) is 3.51. The van der Waals surface area contributed by atoms with Crippen LogP contribution in [0.15, 0.2) is 24.3 Å². The molecule has 1 heterocycles. The second-order valence-electron chi connectivity index (χ2n) is 5.44. The summed E-state index contributed by atoms with van der Waals surface area (Å²) in [6.07, 6.45) is 0.958. The number of rotatable bonds is 7. The number of hydrogen-bond donors (Lipinski definition) is 1. The van der Waals surface area contributed by atoms with Crippen LogP contribution in [-0.2, 0) is 9.53 Å². The van der Waals surface area contributed by atoms with Crippen molar-refractivity contribution < 1.29 is 18.7 Å². The Morgan fingerprint density at radius 2 is 2.32 bits per heavy atom. The lowest BCUT2D eigenvalue weighted by molar-refractivity contribution is -0.122. The summed E-state index contributed by atoms with van der Waals surface area (Å²) in [6, 6.07) is 6.25. The van der Waals surface area contributed by atoms with Gasteiger partial charge in [0.2, 0.25) is 5.91 Å². The van der Waals surface area contributed by atoms with Crippen LogP contribution in [0.3, 0.4) is 0 Å². The monoisotopic (exact) mass is 310 g/mol. The first-order valence-corrected chi connectivity index (χ1v) is 7.59. The second kappa shape index (κ2) is 8.70. The number of carbonyl (C=O) groups excluding carboxylic acids is 1. The van der Waals surface area contributed by atoms with Crippen molar-refractivity contribution >= 4 is 5.91 Å². The van der Waals surface area contributed by atoms with E-state index in [0.717, 1.165) is 13.1 Å². The molecule has 122 valence electrons. The number of likely N-dealkylation sites (N-methyl/N-ethyl adjacent to an activating group) is 1. The van der Waals surface area contributed by atoms with Crippen molar-refractivity contribution in [3.63, 3.8) is 0 Å². The fraction of sp³-hybridized carbons (Fsp3) is 0.562. The number of benzene rings is 1. The minimum absolute atomic E-state index is 0.0334. The molecule has 5 nitrogen and oxygen atoms in total. The Hall–Kier alpha value is -1.66. The predicted octanol–water partition coefficient (Wildman–Crippen LogP) is 1.43. The average Bonchev–Trinajstić information content (AvgIpc) is 2.51. The smallest absolute Gasteiger partial charge is 0.220 e. The topological polar surface area (TPSA) is 50.8 Å². The molecule has 0 aromatic heterocycles. The van der Waals surface area contributed by atoms with E-state index in [1.54, 1.807) is 18.2 Å². The Kier molecular flexibility index (Phi) is 6.61. The Morgan fingerprint density at radius 1 is 1.50 bits per heavy atom. The lowest BCUT2D eigenvalue weighted by atomic mass is 10.2. The molecule has 22 heavy (non-hydrogen) atoms. The molecular weight excluding hydrogens is 287 g/mol. The summed E-state index contributed by atoms with van der Waals surface area (Å²) in [5.74, 6) is -0.193. The van der Waals surface area contributed by atoms with Crippen molar-refractivity contribution in [3.8, 4) is 5.75 Å². The lowest BCUT2D eigenvalue weighted by Gasteiger charge is -2.30. The average molecular weight is 310 g/mol. The Labute approximate surface area is 130 Å². The molecule has 1 atom stereocenters. The van der Waals surface area contributed by atoms with Crippen LogP contribution < -0.4 is 10.1 Å². The SMILES string of the molecule is CN1CCO[C@@H](CNC(=O)CCCOc2ccccc2F)C1. The molecule has 0 aliphatic carbocycles. The van der Waals surface area contributed by atoms with Gasteiger partial charge in [0.1, 0.15) is 0 Å². The summed E-state index contributed by atoms with van der Waals surface area (Å²) in [5, 5.41) is 2.86. The van der Waals surface area contributed by atoms with Crippen LogP contribution in [0.1, 0.15) is 12.8 Å². The number of nitrogens with zero attached hydrogens (tertiary/aromatic N) is 1. The van der Waals surface area contributed by atoms with Gasteiger partial charge in [-0.2, -0.15) is 0 Å². The molecule has 0 radical (unpaired) electrons. The molecule has 0 bridgehead atoms. The number of ether oxygens (including phenoxy) is 2. The van der Waals surface area contributed by atoms with E-state index in [9.17, 15) is 9.18 Å². The number of hydrogen-bond acceptors (Lipinski definition) is 4. The highest BCUT2D eigenvalue weighted by atomic mass is 19.1. The van der Waals surface area contributed by atoms with Gasteiger partial charge in [-0.05, 0) is 25.6 Å². The van der Waals surface area contributed by atoms with E-state index in [1.807, 2.05) is 7.05 Å². The van der Waals surface area contributed by atoms with Crippen LogP contribution in [0.5, 0.6) is 5.75 Å². The fourth-order valence-corrected chi connectivity index (χ4v) is 2.28. The first-order valence-electron chi connectivity index (χ1n) is 7.59. The third kappa shape index (κ3) is 5.61.